The van der Waals surface area contributed by atoms with Crippen LogP contribution in [0.1, 0.15) is 24.8 Å². The lowest BCUT2D eigenvalue weighted by molar-refractivity contribution is -0.147. The molecule has 1 aromatic heterocycles. The summed E-state index contributed by atoms with van der Waals surface area (Å²) in [6.07, 6.45) is 6.10. The third-order valence-electron chi connectivity index (χ3n) is 5.47. The number of esters is 1. The Kier molecular flexibility index (Phi) is 6.66. The van der Waals surface area contributed by atoms with Crippen LogP contribution >= 0.6 is 0 Å². The van der Waals surface area contributed by atoms with Gasteiger partial charge in [-0.15, -0.1) is 0 Å². The first kappa shape index (κ1) is 21.3. The van der Waals surface area contributed by atoms with Crippen molar-refractivity contribution in [2.75, 3.05) is 33.0 Å². The molecule has 1 aliphatic rings. The van der Waals surface area contributed by atoms with Crippen molar-refractivity contribution in [1.82, 2.24) is 14.8 Å². The molecule has 158 valence electrons. The molecule has 8 nitrogen and oxygen atoms in total. The predicted octanol–water partition coefficient (Wildman–Crippen LogP) is 1.84. The lowest BCUT2D eigenvalue weighted by Crippen LogP contribution is -2.47. The molecule has 2 heterocycles. The second-order valence-corrected chi connectivity index (χ2v) is 7.32. The average molecular weight is 410 g/mol. The number of carbonyl (C=O) groups is 3. The summed E-state index contributed by atoms with van der Waals surface area (Å²) in [5, 5.41) is 1.85. The van der Waals surface area contributed by atoms with Gasteiger partial charge in [-0.1, -0.05) is 12.1 Å². The van der Waals surface area contributed by atoms with Gasteiger partial charge >= 0.3 is 5.97 Å². The molecule has 0 unspecified atom stereocenters. The number of fused-ring (bicyclic) bond motifs is 1. The molecule has 2 amide bonds. The van der Waals surface area contributed by atoms with E-state index in [0.29, 0.717) is 31.7 Å². The number of carbonyl (C=O) groups excluding carboxylic acids is 3. The van der Waals surface area contributed by atoms with Crippen LogP contribution in [0.15, 0.2) is 36.5 Å². The Balaban J connectivity index is 1.56. The summed E-state index contributed by atoms with van der Waals surface area (Å²) < 4.78 is 4.54. The van der Waals surface area contributed by atoms with E-state index in [-0.39, 0.29) is 24.3 Å². The minimum atomic E-state index is -0.535. The van der Waals surface area contributed by atoms with Crippen molar-refractivity contribution >= 4 is 40.4 Å². The van der Waals surface area contributed by atoms with Gasteiger partial charge in [-0.2, -0.15) is 0 Å². The molecule has 3 rings (SSSR count). The lowest BCUT2D eigenvalue weighted by Gasteiger charge is -2.36. The smallest absolute Gasteiger partial charge is 0.315 e. The molecule has 0 atom stereocenters. The zero-order chi connectivity index (χ0) is 21.7. The summed E-state index contributed by atoms with van der Waals surface area (Å²) in [6, 6.07) is 7.68. The van der Waals surface area contributed by atoms with E-state index in [1.54, 1.807) is 35.2 Å². The number of piperidine rings is 1. The van der Waals surface area contributed by atoms with Crippen molar-refractivity contribution in [3.05, 3.63) is 42.1 Å². The fourth-order valence-corrected chi connectivity index (χ4v) is 3.60. The molecule has 0 aliphatic carbocycles. The first-order valence-electron chi connectivity index (χ1n) is 9.82. The molecule has 8 heteroatoms. The van der Waals surface area contributed by atoms with Crippen LogP contribution in [0.3, 0.4) is 0 Å². The molecule has 0 bridgehead atoms. The lowest BCUT2D eigenvalue weighted by atomic mass is 10.0. The number of aromatic nitrogens is 1. The Labute approximate surface area is 175 Å². The molecular formula is C22H26N4O4. The fourth-order valence-electron chi connectivity index (χ4n) is 3.60. The highest BCUT2D eigenvalue weighted by atomic mass is 16.5. The number of methoxy groups -OCH3 is 1. The summed E-state index contributed by atoms with van der Waals surface area (Å²) in [5.74, 6) is -0.382. The largest absolute Gasteiger partial charge is 0.469 e. The third-order valence-corrected chi connectivity index (χ3v) is 5.47. The van der Waals surface area contributed by atoms with Gasteiger partial charge in [0.15, 0.2) is 0 Å². The highest BCUT2D eigenvalue weighted by Crippen LogP contribution is 2.21. The van der Waals surface area contributed by atoms with E-state index in [4.69, 9.17) is 5.73 Å². The maximum Gasteiger partial charge on any atom is 0.315 e. The summed E-state index contributed by atoms with van der Waals surface area (Å²) in [5.41, 5.74) is 6.77. The van der Waals surface area contributed by atoms with Crippen molar-refractivity contribution in [3.63, 3.8) is 0 Å². The van der Waals surface area contributed by atoms with Gasteiger partial charge in [0.2, 0.25) is 11.8 Å². The fraction of sp³-hybridized carbons (Fsp3) is 0.364. The quantitative estimate of drug-likeness (QED) is 0.458. The Morgan fingerprint density at radius 1 is 1.27 bits per heavy atom. The van der Waals surface area contributed by atoms with Crippen LogP contribution in [0, 0.1) is 0 Å². The number of hydrogen-bond donors (Lipinski definition) is 1. The van der Waals surface area contributed by atoms with E-state index in [1.807, 2.05) is 24.3 Å². The van der Waals surface area contributed by atoms with Gasteiger partial charge < -0.3 is 20.3 Å². The SMILES string of the molecule is COC(=O)CC(=O)N1CCC(N(C)C(=O)C=Cc2ccc3c(N)nccc3c2)CC1. The van der Waals surface area contributed by atoms with Crippen LogP contribution in [0.4, 0.5) is 5.82 Å². The molecule has 1 aromatic carbocycles. The van der Waals surface area contributed by atoms with Crippen LogP contribution in [-0.4, -0.2) is 65.9 Å². The number of nitrogens with zero attached hydrogens (tertiary/aromatic N) is 3. The number of ether oxygens (including phenoxy) is 1. The van der Waals surface area contributed by atoms with Gasteiger partial charge in [0.1, 0.15) is 12.2 Å². The number of nitrogen functional groups attached to an aromatic ring is 1. The number of likely N-dealkylation sites (tertiary alicyclic amines) is 1. The number of benzene rings is 1. The number of likely N-dealkylation sites (N-methyl/N-ethyl adjacent to an activating group) is 1. The Morgan fingerprint density at radius 3 is 2.70 bits per heavy atom. The summed E-state index contributed by atoms with van der Waals surface area (Å²) in [4.78, 5) is 43.4. The molecule has 30 heavy (non-hydrogen) atoms. The van der Waals surface area contributed by atoms with Gasteiger partial charge in [0, 0.05) is 43.8 Å². The molecule has 0 radical (unpaired) electrons. The average Bonchev–Trinajstić information content (AvgIpc) is 2.77. The standard InChI is InChI=1S/C22H26N4O4/c1-25(17-8-11-26(12-9-17)20(28)14-21(29)30-2)19(27)6-4-15-3-5-18-16(13-15)7-10-24-22(18)23/h3-7,10,13,17H,8-9,11-12,14H2,1-2H3,(H2,23,24). The number of nitrogens with two attached hydrogens (primary N) is 1. The van der Waals surface area contributed by atoms with Crippen LogP contribution < -0.4 is 5.73 Å². The monoisotopic (exact) mass is 410 g/mol. The molecule has 1 fully saturated rings. The second-order valence-electron chi connectivity index (χ2n) is 7.32. The van der Waals surface area contributed by atoms with E-state index in [2.05, 4.69) is 9.72 Å². The molecule has 0 spiro atoms. The highest BCUT2D eigenvalue weighted by molar-refractivity contribution is 5.95. The molecule has 1 aliphatic heterocycles. The van der Waals surface area contributed by atoms with E-state index < -0.39 is 5.97 Å². The van der Waals surface area contributed by atoms with Gasteiger partial charge in [-0.3, -0.25) is 14.4 Å². The normalized spacial score (nSPS) is 14.8. The number of rotatable bonds is 5. The van der Waals surface area contributed by atoms with E-state index >= 15 is 0 Å². The van der Waals surface area contributed by atoms with E-state index in [9.17, 15) is 14.4 Å². The second kappa shape index (κ2) is 9.39. The van der Waals surface area contributed by atoms with Gasteiger partial charge in [-0.25, -0.2) is 4.98 Å². The van der Waals surface area contributed by atoms with Gasteiger partial charge in [0.05, 0.1) is 7.11 Å². The predicted molar refractivity (Wildman–Crippen MR) is 114 cm³/mol. The number of hydrogen-bond acceptors (Lipinski definition) is 6. The number of amides is 2. The minimum absolute atomic E-state index is 0.0480. The summed E-state index contributed by atoms with van der Waals surface area (Å²) >= 11 is 0. The zero-order valence-electron chi connectivity index (χ0n) is 17.2. The van der Waals surface area contributed by atoms with E-state index in [1.165, 1.54) is 7.11 Å². The molecular weight excluding hydrogens is 384 g/mol. The van der Waals surface area contributed by atoms with Crippen LogP contribution in [0.25, 0.3) is 16.8 Å². The summed E-state index contributed by atoms with van der Waals surface area (Å²) in [6.45, 7) is 1.03. The Morgan fingerprint density at radius 2 is 2.00 bits per heavy atom. The van der Waals surface area contributed by atoms with Crippen molar-refractivity contribution in [3.8, 4) is 0 Å². The van der Waals surface area contributed by atoms with Gasteiger partial charge in [0.25, 0.3) is 0 Å². The first-order chi connectivity index (χ1) is 14.4. The van der Waals surface area contributed by atoms with Crippen LogP contribution in [0.5, 0.6) is 0 Å². The van der Waals surface area contributed by atoms with Gasteiger partial charge in [-0.05, 0) is 42.0 Å². The highest BCUT2D eigenvalue weighted by Gasteiger charge is 2.27. The van der Waals surface area contributed by atoms with Crippen LogP contribution in [0.2, 0.25) is 0 Å². The number of pyridine rings is 1. The van der Waals surface area contributed by atoms with Crippen molar-refractivity contribution in [1.29, 1.82) is 0 Å². The molecule has 0 saturated carbocycles. The minimum Gasteiger partial charge on any atom is -0.469 e. The van der Waals surface area contributed by atoms with Crippen molar-refractivity contribution < 1.29 is 19.1 Å². The maximum atomic E-state index is 12.6. The van der Waals surface area contributed by atoms with Crippen LogP contribution in [-0.2, 0) is 19.1 Å². The van der Waals surface area contributed by atoms with Crippen molar-refractivity contribution in [2.45, 2.75) is 25.3 Å². The number of anilines is 1. The Bertz CT molecular complexity index is 980. The van der Waals surface area contributed by atoms with E-state index in [0.717, 1.165) is 16.3 Å². The summed E-state index contributed by atoms with van der Waals surface area (Å²) in [7, 11) is 3.04. The molecule has 1 saturated heterocycles. The third kappa shape index (κ3) is 4.94. The first-order valence-corrected chi connectivity index (χ1v) is 9.82. The zero-order valence-corrected chi connectivity index (χ0v) is 17.2. The maximum absolute atomic E-state index is 12.6. The molecule has 2 N–H and O–H groups in total. The Hall–Kier alpha value is -3.42. The molecule has 2 aromatic rings. The topological polar surface area (TPSA) is 106 Å². The van der Waals surface area contributed by atoms with Crippen molar-refractivity contribution in [2.24, 2.45) is 0 Å².